The van der Waals surface area contributed by atoms with Crippen molar-refractivity contribution in [2.24, 2.45) is 0 Å². The molecule has 0 saturated heterocycles. The Morgan fingerprint density at radius 3 is 2.39 bits per heavy atom. The highest BCUT2D eigenvalue weighted by atomic mass is 32.1. The van der Waals surface area contributed by atoms with Gasteiger partial charge in [-0.2, -0.15) is 0 Å². The molecular weight excluding hydrogens is 248 g/mol. The molecule has 0 aliphatic rings. The summed E-state index contributed by atoms with van der Waals surface area (Å²) in [6, 6.07) is 10.3. The number of methoxy groups -OCH3 is 1. The van der Waals surface area contributed by atoms with Crippen LogP contribution in [0.15, 0.2) is 41.8 Å². The van der Waals surface area contributed by atoms with Crippen LogP contribution in [0, 0.1) is 0 Å². The van der Waals surface area contributed by atoms with Crippen molar-refractivity contribution in [1.82, 2.24) is 0 Å². The molecule has 0 bridgehead atoms. The molecule has 0 amide bonds. The van der Waals surface area contributed by atoms with Gasteiger partial charge in [0.25, 0.3) is 0 Å². The van der Waals surface area contributed by atoms with E-state index in [9.17, 15) is 9.59 Å². The molecule has 0 atom stereocenters. The Morgan fingerprint density at radius 2 is 1.83 bits per heavy atom. The number of carbonyl (C=O) groups is 2. The van der Waals surface area contributed by atoms with Gasteiger partial charge in [-0.1, -0.05) is 6.07 Å². The summed E-state index contributed by atoms with van der Waals surface area (Å²) in [6.45, 7) is 0. The second-order valence-electron chi connectivity index (χ2n) is 3.73. The van der Waals surface area contributed by atoms with Gasteiger partial charge in [-0.15, -0.1) is 11.3 Å². The van der Waals surface area contributed by atoms with Crippen molar-refractivity contribution >= 4 is 22.9 Å². The van der Waals surface area contributed by atoms with Crippen LogP contribution in [0.25, 0.3) is 0 Å². The van der Waals surface area contributed by atoms with Gasteiger partial charge >= 0.3 is 0 Å². The van der Waals surface area contributed by atoms with Gasteiger partial charge in [-0.25, -0.2) is 0 Å². The minimum absolute atomic E-state index is 0.0904. The van der Waals surface area contributed by atoms with Crippen LogP contribution >= 0.6 is 11.3 Å². The molecule has 92 valence electrons. The summed E-state index contributed by atoms with van der Waals surface area (Å²) in [7, 11) is 1.57. The lowest BCUT2D eigenvalue weighted by molar-refractivity contribution is 0.0896. The van der Waals surface area contributed by atoms with Crippen molar-refractivity contribution in [3.63, 3.8) is 0 Å². The Morgan fingerprint density at radius 1 is 1.11 bits per heavy atom. The van der Waals surface area contributed by atoms with Gasteiger partial charge in [0, 0.05) is 5.56 Å². The number of Topliss-reactive ketones (excluding diaryl/α,β-unsaturated/α-hetero) is 2. The predicted octanol–water partition coefficient (Wildman–Crippen LogP) is 3.21. The van der Waals surface area contributed by atoms with E-state index in [1.807, 2.05) is 5.38 Å². The van der Waals surface area contributed by atoms with Crippen molar-refractivity contribution in [2.45, 2.75) is 6.42 Å². The van der Waals surface area contributed by atoms with Crippen molar-refractivity contribution < 1.29 is 14.3 Å². The smallest absolute Gasteiger partial charge is 0.180 e. The average molecular weight is 260 g/mol. The molecule has 0 aliphatic heterocycles. The van der Waals surface area contributed by atoms with Crippen LogP contribution in [0.3, 0.4) is 0 Å². The highest BCUT2D eigenvalue weighted by Crippen LogP contribution is 2.16. The molecule has 0 saturated carbocycles. The quantitative estimate of drug-likeness (QED) is 0.612. The lowest BCUT2D eigenvalue weighted by Gasteiger charge is -2.02. The fraction of sp³-hybridized carbons (Fsp3) is 0.143. The van der Waals surface area contributed by atoms with Gasteiger partial charge in [0.1, 0.15) is 5.75 Å². The number of rotatable bonds is 5. The van der Waals surface area contributed by atoms with Crippen molar-refractivity contribution in [3.8, 4) is 5.75 Å². The summed E-state index contributed by atoms with van der Waals surface area (Å²) in [6.07, 6.45) is -0.0904. The number of ketones is 2. The molecule has 2 rings (SSSR count). The van der Waals surface area contributed by atoms with Crippen LogP contribution < -0.4 is 4.74 Å². The van der Waals surface area contributed by atoms with Gasteiger partial charge in [-0.05, 0) is 35.7 Å². The Hall–Kier alpha value is -1.94. The van der Waals surface area contributed by atoms with E-state index in [1.165, 1.54) is 11.3 Å². The number of ether oxygens (including phenoxy) is 1. The van der Waals surface area contributed by atoms with E-state index in [0.29, 0.717) is 16.2 Å². The standard InChI is InChI=1S/C14H12O3S/c1-17-11-6-4-10(5-7-11)12(15)9-13(16)14-3-2-8-18-14/h2-8H,9H2,1H3. The van der Waals surface area contributed by atoms with Gasteiger partial charge in [0.15, 0.2) is 11.6 Å². The van der Waals surface area contributed by atoms with E-state index in [1.54, 1.807) is 43.5 Å². The second-order valence-corrected chi connectivity index (χ2v) is 4.68. The third-order valence-electron chi connectivity index (χ3n) is 2.53. The summed E-state index contributed by atoms with van der Waals surface area (Å²) in [5.74, 6) is 0.387. The molecule has 0 spiro atoms. The average Bonchev–Trinajstić information content (AvgIpc) is 2.92. The number of benzene rings is 1. The molecular formula is C14H12O3S. The Labute approximate surface area is 109 Å². The topological polar surface area (TPSA) is 43.4 Å². The molecule has 1 aromatic carbocycles. The van der Waals surface area contributed by atoms with Crippen LogP contribution in [-0.2, 0) is 0 Å². The van der Waals surface area contributed by atoms with Gasteiger partial charge in [0.2, 0.25) is 0 Å². The Bertz CT molecular complexity index is 541. The first-order chi connectivity index (χ1) is 8.70. The first kappa shape index (κ1) is 12.5. The van der Waals surface area contributed by atoms with Crippen LogP contribution in [0.4, 0.5) is 0 Å². The Kier molecular flexibility index (Phi) is 3.89. The van der Waals surface area contributed by atoms with E-state index in [2.05, 4.69) is 0 Å². The fourth-order valence-corrected chi connectivity index (χ4v) is 2.21. The molecule has 3 nitrogen and oxygen atoms in total. The third-order valence-corrected chi connectivity index (χ3v) is 3.44. The monoisotopic (exact) mass is 260 g/mol. The van der Waals surface area contributed by atoms with E-state index in [4.69, 9.17) is 4.74 Å². The number of carbonyl (C=O) groups excluding carboxylic acids is 2. The zero-order valence-corrected chi connectivity index (χ0v) is 10.7. The molecule has 18 heavy (non-hydrogen) atoms. The third kappa shape index (κ3) is 2.84. The molecule has 4 heteroatoms. The lowest BCUT2D eigenvalue weighted by atomic mass is 10.1. The molecule has 2 aromatic rings. The Balaban J connectivity index is 2.05. The molecule has 0 radical (unpaired) electrons. The minimum Gasteiger partial charge on any atom is -0.497 e. The summed E-state index contributed by atoms with van der Waals surface area (Å²) in [4.78, 5) is 24.3. The molecule has 0 unspecified atom stereocenters. The van der Waals surface area contributed by atoms with E-state index in [0.717, 1.165) is 0 Å². The minimum atomic E-state index is -0.170. The van der Waals surface area contributed by atoms with Crippen LogP contribution in [0.2, 0.25) is 0 Å². The van der Waals surface area contributed by atoms with Gasteiger partial charge in [-0.3, -0.25) is 9.59 Å². The lowest BCUT2D eigenvalue weighted by Crippen LogP contribution is -2.07. The van der Waals surface area contributed by atoms with Crippen LogP contribution in [-0.4, -0.2) is 18.7 Å². The van der Waals surface area contributed by atoms with E-state index < -0.39 is 0 Å². The van der Waals surface area contributed by atoms with Gasteiger partial charge < -0.3 is 4.74 Å². The summed E-state index contributed by atoms with van der Waals surface area (Å²) < 4.78 is 5.01. The summed E-state index contributed by atoms with van der Waals surface area (Å²) >= 11 is 1.35. The largest absolute Gasteiger partial charge is 0.497 e. The first-order valence-corrected chi connectivity index (χ1v) is 6.32. The summed E-state index contributed by atoms with van der Waals surface area (Å²) in [5.41, 5.74) is 0.528. The maximum atomic E-state index is 11.9. The highest BCUT2D eigenvalue weighted by Gasteiger charge is 2.14. The van der Waals surface area contributed by atoms with Gasteiger partial charge in [0.05, 0.1) is 18.4 Å². The predicted molar refractivity (Wildman–Crippen MR) is 70.6 cm³/mol. The number of hydrogen-bond acceptors (Lipinski definition) is 4. The van der Waals surface area contributed by atoms with Crippen LogP contribution in [0.1, 0.15) is 26.5 Å². The highest BCUT2D eigenvalue weighted by molar-refractivity contribution is 7.12. The molecule has 0 N–H and O–H groups in total. The summed E-state index contributed by atoms with van der Waals surface area (Å²) in [5, 5.41) is 1.82. The van der Waals surface area contributed by atoms with Crippen LogP contribution in [0.5, 0.6) is 5.75 Å². The van der Waals surface area contributed by atoms with Crippen molar-refractivity contribution in [3.05, 3.63) is 52.2 Å². The fourth-order valence-electron chi connectivity index (χ4n) is 1.55. The molecule has 1 aromatic heterocycles. The maximum Gasteiger partial charge on any atom is 0.180 e. The van der Waals surface area contributed by atoms with Crippen molar-refractivity contribution in [2.75, 3.05) is 7.11 Å². The normalized spacial score (nSPS) is 10.1. The maximum absolute atomic E-state index is 11.9. The first-order valence-electron chi connectivity index (χ1n) is 5.44. The van der Waals surface area contributed by atoms with E-state index in [-0.39, 0.29) is 18.0 Å². The molecule has 1 heterocycles. The molecule has 0 aliphatic carbocycles. The van der Waals surface area contributed by atoms with Crippen molar-refractivity contribution in [1.29, 1.82) is 0 Å². The second kappa shape index (κ2) is 5.60. The zero-order valence-electron chi connectivity index (χ0n) is 9.88. The number of thiophene rings is 1. The van der Waals surface area contributed by atoms with E-state index >= 15 is 0 Å². The number of hydrogen-bond donors (Lipinski definition) is 0. The molecule has 0 fully saturated rings. The SMILES string of the molecule is COc1ccc(C(=O)CC(=O)c2cccs2)cc1. The zero-order chi connectivity index (χ0) is 13.0.